The number of hydrogen-bond donors (Lipinski definition) is 0. The third kappa shape index (κ3) is 11.7. The van der Waals surface area contributed by atoms with Gasteiger partial charge in [0.1, 0.15) is 5.78 Å². The largest absolute Gasteiger partial charge is 0.379 e. The SMILES string of the molecule is CC(=O)CCOCCOCCOCCOCCOCCC(=O)C(C(C)=O)(C(C)=O)C(C)=O. The Morgan fingerprint density at radius 1 is 0.469 bits per heavy atom. The lowest BCUT2D eigenvalue weighted by atomic mass is 9.72. The Kier molecular flexibility index (Phi) is 16.7. The Balaban J connectivity index is 3.66. The molecule has 0 spiro atoms. The van der Waals surface area contributed by atoms with Crippen LogP contribution in [0.5, 0.6) is 0 Å². The smallest absolute Gasteiger partial charge is 0.202 e. The molecule has 0 rings (SSSR count). The van der Waals surface area contributed by atoms with Gasteiger partial charge in [0.15, 0.2) is 23.1 Å². The summed E-state index contributed by atoms with van der Waals surface area (Å²) in [6, 6.07) is 0. The quantitative estimate of drug-likeness (QED) is 0.168. The fourth-order valence-corrected chi connectivity index (χ4v) is 2.88. The van der Waals surface area contributed by atoms with E-state index in [1.807, 2.05) is 0 Å². The first-order valence-electron chi connectivity index (χ1n) is 10.6. The highest BCUT2D eigenvalue weighted by molar-refractivity contribution is 6.37. The second-order valence-electron chi connectivity index (χ2n) is 7.11. The number of Topliss-reactive ketones (excluding diaryl/α,β-unsaturated/α-hetero) is 5. The summed E-state index contributed by atoms with van der Waals surface area (Å²) >= 11 is 0. The zero-order valence-corrected chi connectivity index (χ0v) is 19.6. The molecule has 0 aliphatic heterocycles. The van der Waals surface area contributed by atoms with Crippen molar-refractivity contribution in [1.82, 2.24) is 0 Å². The van der Waals surface area contributed by atoms with Crippen LogP contribution in [0.4, 0.5) is 0 Å². The van der Waals surface area contributed by atoms with E-state index in [0.29, 0.717) is 52.7 Å². The highest BCUT2D eigenvalue weighted by Crippen LogP contribution is 2.25. The van der Waals surface area contributed by atoms with Gasteiger partial charge in [-0.3, -0.25) is 24.0 Å². The van der Waals surface area contributed by atoms with Crippen LogP contribution in [0.1, 0.15) is 40.5 Å². The predicted molar refractivity (Wildman–Crippen MR) is 113 cm³/mol. The number of hydrogen-bond acceptors (Lipinski definition) is 10. The van der Waals surface area contributed by atoms with Crippen molar-refractivity contribution in [3.63, 3.8) is 0 Å². The molecule has 0 unspecified atom stereocenters. The summed E-state index contributed by atoms with van der Waals surface area (Å²) in [7, 11) is 0. The number of rotatable bonds is 22. The Hall–Kier alpha value is -1.85. The van der Waals surface area contributed by atoms with E-state index in [1.54, 1.807) is 0 Å². The molecule has 0 radical (unpaired) electrons. The highest BCUT2D eigenvalue weighted by atomic mass is 16.6. The summed E-state index contributed by atoms with van der Waals surface area (Å²) in [5.74, 6) is -2.96. The molecule has 0 fully saturated rings. The minimum atomic E-state index is -2.22. The van der Waals surface area contributed by atoms with Crippen molar-refractivity contribution >= 4 is 28.9 Å². The van der Waals surface area contributed by atoms with Crippen LogP contribution in [0.2, 0.25) is 0 Å². The van der Waals surface area contributed by atoms with Crippen LogP contribution < -0.4 is 0 Å². The molecular formula is C22H36O10. The van der Waals surface area contributed by atoms with Gasteiger partial charge >= 0.3 is 0 Å². The Labute approximate surface area is 189 Å². The van der Waals surface area contributed by atoms with E-state index >= 15 is 0 Å². The molecule has 0 aliphatic carbocycles. The van der Waals surface area contributed by atoms with Gasteiger partial charge in [-0.05, 0) is 27.7 Å². The van der Waals surface area contributed by atoms with Gasteiger partial charge in [0.2, 0.25) is 5.41 Å². The molecule has 0 aromatic carbocycles. The van der Waals surface area contributed by atoms with Crippen molar-refractivity contribution in [2.24, 2.45) is 5.41 Å². The van der Waals surface area contributed by atoms with Crippen molar-refractivity contribution in [3.05, 3.63) is 0 Å². The van der Waals surface area contributed by atoms with Crippen molar-refractivity contribution in [1.29, 1.82) is 0 Å². The zero-order chi connectivity index (χ0) is 24.4. The molecule has 0 N–H and O–H groups in total. The molecule has 0 atom stereocenters. The second-order valence-corrected chi connectivity index (χ2v) is 7.11. The van der Waals surface area contributed by atoms with Crippen LogP contribution in [0.15, 0.2) is 0 Å². The minimum absolute atomic E-state index is 0.0237. The lowest BCUT2D eigenvalue weighted by Crippen LogP contribution is -2.50. The standard InChI is InChI=1S/C22H36O10/c1-17(23)5-7-28-9-11-30-13-15-32-16-14-31-12-10-29-8-6-21(27)22(18(2)24,19(3)25)20(4)26/h5-16H2,1-4H3. The Bertz CT molecular complexity index is 578. The van der Waals surface area contributed by atoms with Gasteiger partial charge in [-0.15, -0.1) is 0 Å². The molecule has 0 bridgehead atoms. The topological polar surface area (TPSA) is 132 Å². The maximum atomic E-state index is 12.3. The van der Waals surface area contributed by atoms with E-state index in [1.165, 1.54) is 6.92 Å². The van der Waals surface area contributed by atoms with Crippen LogP contribution in [-0.4, -0.2) is 95.0 Å². The number of carbonyl (C=O) groups is 5. The third-order valence-electron chi connectivity index (χ3n) is 4.56. The van der Waals surface area contributed by atoms with E-state index in [4.69, 9.17) is 23.7 Å². The third-order valence-corrected chi connectivity index (χ3v) is 4.56. The molecule has 0 saturated heterocycles. The van der Waals surface area contributed by atoms with Gasteiger partial charge in [-0.25, -0.2) is 0 Å². The van der Waals surface area contributed by atoms with E-state index in [-0.39, 0.29) is 32.0 Å². The van der Waals surface area contributed by atoms with Gasteiger partial charge in [-0.1, -0.05) is 0 Å². The monoisotopic (exact) mass is 460 g/mol. The van der Waals surface area contributed by atoms with E-state index in [0.717, 1.165) is 20.8 Å². The first-order chi connectivity index (χ1) is 15.2. The normalized spacial score (nSPS) is 11.4. The fourth-order valence-electron chi connectivity index (χ4n) is 2.88. The molecule has 32 heavy (non-hydrogen) atoms. The molecule has 0 aromatic rings. The average Bonchev–Trinajstić information content (AvgIpc) is 2.69. The summed E-state index contributed by atoms with van der Waals surface area (Å²) < 4.78 is 26.5. The molecule has 10 heteroatoms. The van der Waals surface area contributed by atoms with E-state index < -0.39 is 28.5 Å². The molecule has 0 amide bonds. The van der Waals surface area contributed by atoms with E-state index in [2.05, 4.69) is 0 Å². The Morgan fingerprint density at radius 2 is 0.750 bits per heavy atom. The van der Waals surface area contributed by atoms with Crippen LogP contribution in [-0.2, 0) is 47.7 Å². The van der Waals surface area contributed by atoms with Crippen LogP contribution in [0.3, 0.4) is 0 Å². The first kappa shape index (κ1) is 30.1. The second kappa shape index (κ2) is 17.7. The average molecular weight is 461 g/mol. The van der Waals surface area contributed by atoms with Gasteiger partial charge in [0.25, 0.3) is 0 Å². The Morgan fingerprint density at radius 3 is 1.03 bits per heavy atom. The fraction of sp³-hybridized carbons (Fsp3) is 0.773. The summed E-state index contributed by atoms with van der Waals surface area (Å²) in [5.41, 5.74) is -2.22. The molecule has 0 aromatic heterocycles. The van der Waals surface area contributed by atoms with Gasteiger partial charge in [-0.2, -0.15) is 0 Å². The molecular weight excluding hydrogens is 424 g/mol. The maximum absolute atomic E-state index is 12.3. The molecule has 0 saturated carbocycles. The summed E-state index contributed by atoms with van der Waals surface area (Å²) in [5, 5.41) is 0. The van der Waals surface area contributed by atoms with Crippen molar-refractivity contribution in [2.45, 2.75) is 40.5 Å². The maximum Gasteiger partial charge on any atom is 0.202 e. The number of carbonyl (C=O) groups excluding carboxylic acids is 5. The number of ketones is 5. The molecule has 0 heterocycles. The molecule has 0 aliphatic rings. The summed E-state index contributed by atoms with van der Waals surface area (Å²) in [4.78, 5) is 58.5. The van der Waals surface area contributed by atoms with Gasteiger partial charge in [0.05, 0.1) is 66.1 Å². The number of ether oxygens (including phenoxy) is 5. The summed E-state index contributed by atoms with van der Waals surface area (Å²) in [6.07, 6.45) is 0.191. The molecule has 184 valence electrons. The first-order valence-corrected chi connectivity index (χ1v) is 10.6. The van der Waals surface area contributed by atoms with Crippen LogP contribution in [0.25, 0.3) is 0 Å². The predicted octanol–water partition coefficient (Wildman–Crippen LogP) is 0.761. The zero-order valence-electron chi connectivity index (χ0n) is 19.6. The van der Waals surface area contributed by atoms with Gasteiger partial charge < -0.3 is 23.7 Å². The summed E-state index contributed by atoms with van der Waals surface area (Å²) in [6.45, 7) is 8.05. The lowest BCUT2D eigenvalue weighted by molar-refractivity contribution is -0.153. The van der Waals surface area contributed by atoms with Crippen molar-refractivity contribution in [3.8, 4) is 0 Å². The molecule has 10 nitrogen and oxygen atoms in total. The van der Waals surface area contributed by atoms with Crippen LogP contribution >= 0.6 is 0 Å². The van der Waals surface area contributed by atoms with Crippen molar-refractivity contribution in [2.75, 3.05) is 66.1 Å². The minimum Gasteiger partial charge on any atom is -0.379 e. The lowest BCUT2D eigenvalue weighted by Gasteiger charge is -2.23. The van der Waals surface area contributed by atoms with Crippen molar-refractivity contribution < 1.29 is 47.7 Å². The van der Waals surface area contributed by atoms with Gasteiger partial charge in [0, 0.05) is 12.8 Å². The van der Waals surface area contributed by atoms with E-state index in [9.17, 15) is 24.0 Å². The van der Waals surface area contributed by atoms with Crippen LogP contribution in [0, 0.1) is 5.41 Å². The highest BCUT2D eigenvalue weighted by Gasteiger charge is 2.51.